The molecule has 7 nitrogen and oxygen atoms in total. The number of carbonyl (C=O) groups excluding carboxylic acids is 1. The predicted octanol–water partition coefficient (Wildman–Crippen LogP) is 0.180. The van der Waals surface area contributed by atoms with Crippen molar-refractivity contribution in [3.8, 4) is 0 Å². The fraction of sp³-hybridized carbons (Fsp3) is 0.812. The SMILES string of the molecule is C[C@@H]1CN(C(=O)Cn2nc3n(c2=O)CCCCC3)C[C@@H]1N(C)C. The Balaban J connectivity index is 1.71. The number of likely N-dealkylation sites (N-methyl/N-ethyl adjacent to an activating group) is 1. The molecule has 7 heteroatoms. The van der Waals surface area contributed by atoms with Crippen molar-refractivity contribution in [2.75, 3.05) is 27.2 Å². The Hall–Kier alpha value is -1.63. The first-order valence-electron chi connectivity index (χ1n) is 8.58. The average Bonchev–Trinajstić information content (AvgIpc) is 2.92. The van der Waals surface area contributed by atoms with Crippen LogP contribution in [0.5, 0.6) is 0 Å². The van der Waals surface area contributed by atoms with Crippen molar-refractivity contribution in [2.45, 2.75) is 51.7 Å². The highest BCUT2D eigenvalue weighted by Gasteiger charge is 2.34. The van der Waals surface area contributed by atoms with Crippen LogP contribution in [0.4, 0.5) is 0 Å². The van der Waals surface area contributed by atoms with E-state index in [4.69, 9.17) is 0 Å². The Labute approximate surface area is 136 Å². The van der Waals surface area contributed by atoms with Gasteiger partial charge in [-0.1, -0.05) is 13.3 Å². The Kier molecular flexibility index (Phi) is 4.57. The summed E-state index contributed by atoms with van der Waals surface area (Å²) >= 11 is 0. The molecule has 23 heavy (non-hydrogen) atoms. The van der Waals surface area contributed by atoms with E-state index < -0.39 is 0 Å². The van der Waals surface area contributed by atoms with E-state index >= 15 is 0 Å². The number of amides is 1. The minimum atomic E-state index is -0.133. The van der Waals surface area contributed by atoms with E-state index in [1.54, 1.807) is 4.57 Å². The Morgan fingerprint density at radius 2 is 2.04 bits per heavy atom. The van der Waals surface area contributed by atoms with Crippen LogP contribution in [-0.4, -0.2) is 63.3 Å². The monoisotopic (exact) mass is 321 g/mol. The highest BCUT2D eigenvalue weighted by molar-refractivity contribution is 5.76. The normalized spacial score (nSPS) is 24.8. The van der Waals surface area contributed by atoms with Crippen LogP contribution in [0.25, 0.3) is 0 Å². The molecule has 128 valence electrons. The van der Waals surface area contributed by atoms with E-state index in [0.29, 0.717) is 12.0 Å². The molecule has 1 amide bonds. The fourth-order valence-electron chi connectivity index (χ4n) is 3.78. The summed E-state index contributed by atoms with van der Waals surface area (Å²) in [5.41, 5.74) is -0.133. The van der Waals surface area contributed by atoms with E-state index in [0.717, 1.165) is 51.1 Å². The van der Waals surface area contributed by atoms with Crippen molar-refractivity contribution in [3.05, 3.63) is 16.3 Å². The zero-order chi connectivity index (χ0) is 16.6. The van der Waals surface area contributed by atoms with Crippen LogP contribution in [-0.2, 0) is 24.3 Å². The topological polar surface area (TPSA) is 63.4 Å². The van der Waals surface area contributed by atoms with Crippen molar-refractivity contribution in [1.82, 2.24) is 24.1 Å². The number of rotatable bonds is 3. The maximum atomic E-state index is 12.6. The molecule has 3 rings (SSSR count). The smallest absolute Gasteiger partial charge is 0.339 e. The molecule has 1 aromatic rings. The molecule has 2 atom stereocenters. The zero-order valence-electron chi connectivity index (χ0n) is 14.4. The third-order valence-corrected chi connectivity index (χ3v) is 5.16. The van der Waals surface area contributed by atoms with Gasteiger partial charge in [-0.3, -0.25) is 9.36 Å². The third-order valence-electron chi connectivity index (χ3n) is 5.16. The van der Waals surface area contributed by atoms with Gasteiger partial charge in [0.2, 0.25) is 5.91 Å². The van der Waals surface area contributed by atoms with E-state index in [2.05, 4.69) is 16.9 Å². The summed E-state index contributed by atoms with van der Waals surface area (Å²) in [5, 5.41) is 4.40. The molecule has 2 aliphatic rings. The maximum absolute atomic E-state index is 12.6. The van der Waals surface area contributed by atoms with Gasteiger partial charge in [-0.15, -0.1) is 0 Å². The van der Waals surface area contributed by atoms with Crippen LogP contribution >= 0.6 is 0 Å². The largest absolute Gasteiger partial charge is 0.346 e. The van der Waals surface area contributed by atoms with Crippen LogP contribution in [0, 0.1) is 5.92 Å². The molecule has 0 unspecified atom stereocenters. The van der Waals surface area contributed by atoms with E-state index in [9.17, 15) is 9.59 Å². The number of hydrogen-bond donors (Lipinski definition) is 0. The summed E-state index contributed by atoms with van der Waals surface area (Å²) in [7, 11) is 4.10. The van der Waals surface area contributed by atoms with Crippen molar-refractivity contribution < 1.29 is 4.79 Å². The lowest BCUT2D eigenvalue weighted by Crippen LogP contribution is -2.38. The molecule has 1 aromatic heterocycles. The molecule has 1 fully saturated rings. The number of likely N-dealkylation sites (tertiary alicyclic amines) is 1. The summed E-state index contributed by atoms with van der Waals surface area (Å²) in [6.07, 6.45) is 4.05. The van der Waals surface area contributed by atoms with E-state index in [1.165, 1.54) is 4.68 Å². The highest BCUT2D eigenvalue weighted by Crippen LogP contribution is 2.20. The zero-order valence-corrected chi connectivity index (χ0v) is 14.4. The summed E-state index contributed by atoms with van der Waals surface area (Å²) in [5.74, 6) is 1.28. The van der Waals surface area contributed by atoms with E-state index in [1.807, 2.05) is 19.0 Å². The van der Waals surface area contributed by atoms with Gasteiger partial charge in [-0.05, 0) is 32.9 Å². The lowest BCUT2D eigenvalue weighted by molar-refractivity contribution is -0.131. The molecule has 2 aliphatic heterocycles. The molecule has 0 aromatic carbocycles. The number of nitrogens with zero attached hydrogens (tertiary/aromatic N) is 5. The van der Waals surface area contributed by atoms with Crippen molar-refractivity contribution in [3.63, 3.8) is 0 Å². The maximum Gasteiger partial charge on any atom is 0.346 e. The standard InChI is InChI=1S/C16H27N5O2/c1-12-9-19(10-13(12)18(2)3)15(22)11-21-16(23)20-8-6-4-5-7-14(20)17-21/h12-13H,4-11H2,1-3H3/t12-,13+/m1/s1. The lowest BCUT2D eigenvalue weighted by Gasteiger charge is -2.22. The second kappa shape index (κ2) is 6.47. The van der Waals surface area contributed by atoms with Crippen LogP contribution in [0.15, 0.2) is 4.79 Å². The van der Waals surface area contributed by atoms with Crippen LogP contribution in [0.2, 0.25) is 0 Å². The second-order valence-corrected chi connectivity index (χ2v) is 7.13. The van der Waals surface area contributed by atoms with Gasteiger partial charge in [0, 0.05) is 32.1 Å². The predicted molar refractivity (Wildman–Crippen MR) is 87.3 cm³/mol. The van der Waals surface area contributed by atoms with Crippen LogP contribution in [0.1, 0.15) is 32.0 Å². The van der Waals surface area contributed by atoms with Gasteiger partial charge in [0.05, 0.1) is 0 Å². The summed E-state index contributed by atoms with van der Waals surface area (Å²) in [6, 6.07) is 0.384. The molecule has 0 bridgehead atoms. The molecule has 3 heterocycles. The molecule has 0 N–H and O–H groups in total. The molecular weight excluding hydrogens is 294 g/mol. The molecule has 0 aliphatic carbocycles. The van der Waals surface area contributed by atoms with Gasteiger partial charge < -0.3 is 9.80 Å². The first-order valence-corrected chi connectivity index (χ1v) is 8.58. The summed E-state index contributed by atoms with van der Waals surface area (Å²) < 4.78 is 3.10. The Morgan fingerprint density at radius 3 is 2.74 bits per heavy atom. The first kappa shape index (κ1) is 16.2. The molecule has 0 radical (unpaired) electrons. The first-order chi connectivity index (χ1) is 11.0. The minimum Gasteiger partial charge on any atom is -0.339 e. The number of carbonyl (C=O) groups is 1. The molecule has 1 saturated heterocycles. The highest BCUT2D eigenvalue weighted by atomic mass is 16.2. The quantitative estimate of drug-likeness (QED) is 0.797. The number of fused-ring (bicyclic) bond motifs is 1. The van der Waals surface area contributed by atoms with Crippen molar-refractivity contribution >= 4 is 5.91 Å². The number of aryl methyl sites for hydroxylation is 1. The second-order valence-electron chi connectivity index (χ2n) is 7.13. The van der Waals surface area contributed by atoms with Crippen molar-refractivity contribution in [1.29, 1.82) is 0 Å². The van der Waals surface area contributed by atoms with E-state index in [-0.39, 0.29) is 18.1 Å². The van der Waals surface area contributed by atoms with Gasteiger partial charge >= 0.3 is 5.69 Å². The fourth-order valence-corrected chi connectivity index (χ4v) is 3.78. The van der Waals surface area contributed by atoms with Gasteiger partial charge in [-0.25, -0.2) is 9.48 Å². The molecule has 0 saturated carbocycles. The van der Waals surface area contributed by atoms with Crippen molar-refractivity contribution in [2.24, 2.45) is 5.92 Å². The Bertz CT molecular complexity index is 633. The number of aromatic nitrogens is 3. The van der Waals surface area contributed by atoms with Gasteiger partial charge in [0.1, 0.15) is 12.4 Å². The lowest BCUT2D eigenvalue weighted by atomic mass is 10.1. The van der Waals surface area contributed by atoms with Gasteiger partial charge in [0.25, 0.3) is 0 Å². The summed E-state index contributed by atoms with van der Waals surface area (Å²) in [6.45, 7) is 4.44. The summed E-state index contributed by atoms with van der Waals surface area (Å²) in [4.78, 5) is 29.0. The molecule has 0 spiro atoms. The average molecular weight is 321 g/mol. The third kappa shape index (κ3) is 3.20. The van der Waals surface area contributed by atoms with Crippen LogP contribution in [0.3, 0.4) is 0 Å². The van der Waals surface area contributed by atoms with Gasteiger partial charge in [0.15, 0.2) is 0 Å². The minimum absolute atomic E-state index is 0.00319. The van der Waals surface area contributed by atoms with Gasteiger partial charge in [-0.2, -0.15) is 5.10 Å². The number of hydrogen-bond acceptors (Lipinski definition) is 4. The molecular formula is C16H27N5O2. The van der Waals surface area contributed by atoms with Crippen LogP contribution < -0.4 is 5.69 Å². The Morgan fingerprint density at radius 1 is 1.26 bits per heavy atom.